The maximum Gasteiger partial charge on any atom is 0.223 e. The van der Waals surface area contributed by atoms with E-state index in [1.807, 2.05) is 23.1 Å². The van der Waals surface area contributed by atoms with E-state index >= 15 is 0 Å². The van der Waals surface area contributed by atoms with Crippen LogP contribution in [0.4, 0.5) is 0 Å². The lowest BCUT2D eigenvalue weighted by Gasteiger charge is -2.47. The average Bonchev–Trinajstić information content (AvgIpc) is 2.72. The number of aromatic nitrogens is 1. The van der Waals surface area contributed by atoms with Crippen molar-refractivity contribution in [3.63, 3.8) is 0 Å². The molecule has 2 saturated heterocycles. The number of nitrogens with zero attached hydrogens (tertiary/aromatic N) is 2. The van der Waals surface area contributed by atoms with Crippen LogP contribution in [-0.2, 0) is 16.0 Å². The maximum absolute atomic E-state index is 13.2. The van der Waals surface area contributed by atoms with E-state index in [0.29, 0.717) is 32.0 Å². The van der Waals surface area contributed by atoms with Gasteiger partial charge in [0.15, 0.2) is 0 Å². The van der Waals surface area contributed by atoms with Gasteiger partial charge in [0.1, 0.15) is 6.10 Å². The number of carbonyl (C=O) groups is 1. The molecule has 2 aromatic rings. The van der Waals surface area contributed by atoms with Crippen LogP contribution < -0.4 is 5.32 Å². The minimum atomic E-state index is -0.163. The van der Waals surface area contributed by atoms with Crippen molar-refractivity contribution in [2.45, 2.75) is 70.6 Å². The highest BCUT2D eigenvalue weighted by Gasteiger charge is 2.39. The third-order valence-electron chi connectivity index (χ3n) is 6.54. The normalized spacial score (nSPS) is 23.1. The lowest BCUT2D eigenvalue weighted by Crippen LogP contribution is -2.58. The van der Waals surface area contributed by atoms with Crippen LogP contribution in [0.2, 0.25) is 0 Å². The van der Waals surface area contributed by atoms with Crippen molar-refractivity contribution in [1.29, 1.82) is 0 Å². The predicted octanol–water partition coefficient (Wildman–Crippen LogP) is 4.52. The zero-order valence-electron chi connectivity index (χ0n) is 19.9. The molecule has 1 aromatic carbocycles. The fourth-order valence-corrected chi connectivity index (χ4v) is 5.69. The second kappa shape index (κ2) is 9.32. The van der Waals surface area contributed by atoms with Gasteiger partial charge in [0.05, 0.1) is 18.8 Å². The van der Waals surface area contributed by atoms with Crippen molar-refractivity contribution in [2.24, 2.45) is 5.92 Å². The number of piperidine rings is 1. The molecule has 1 amide bonds. The zero-order valence-corrected chi connectivity index (χ0v) is 19.9. The molecule has 172 valence electrons. The molecule has 2 fully saturated rings. The van der Waals surface area contributed by atoms with Crippen LogP contribution in [-0.4, -0.2) is 46.6 Å². The highest BCUT2D eigenvalue weighted by Crippen LogP contribution is 2.35. The highest BCUT2D eigenvalue weighted by atomic mass is 16.5. The number of hydrogen-bond donors (Lipinski definition) is 1. The number of amides is 1. The molecule has 2 aliphatic rings. The molecular formula is C27H37N3O2. The van der Waals surface area contributed by atoms with E-state index in [0.717, 1.165) is 30.7 Å². The zero-order chi connectivity index (χ0) is 22.8. The van der Waals surface area contributed by atoms with Crippen LogP contribution in [0.5, 0.6) is 0 Å². The minimum absolute atomic E-state index is 0.0589. The summed E-state index contributed by atoms with van der Waals surface area (Å²) in [5, 5.41) is 3.71. The summed E-state index contributed by atoms with van der Waals surface area (Å²) in [6, 6.07) is 16.5. The Labute approximate surface area is 192 Å². The lowest BCUT2D eigenvalue weighted by atomic mass is 9.74. The first-order valence-corrected chi connectivity index (χ1v) is 11.9. The molecule has 1 unspecified atom stereocenters. The lowest BCUT2D eigenvalue weighted by molar-refractivity contribution is -0.140. The Hall–Kier alpha value is -2.24. The summed E-state index contributed by atoms with van der Waals surface area (Å²) in [4.78, 5) is 20.1. The topological polar surface area (TPSA) is 54.5 Å². The van der Waals surface area contributed by atoms with Gasteiger partial charge in [-0.15, -0.1) is 0 Å². The number of hydrogen-bond acceptors (Lipinski definition) is 4. The summed E-state index contributed by atoms with van der Waals surface area (Å²) in [6.45, 7) is 10.8. The smallest absolute Gasteiger partial charge is 0.223 e. The van der Waals surface area contributed by atoms with Crippen LogP contribution in [0.1, 0.15) is 70.0 Å². The monoisotopic (exact) mass is 435 g/mol. The fraction of sp³-hybridized carbons (Fsp3) is 0.556. The van der Waals surface area contributed by atoms with Crippen LogP contribution in [0.3, 0.4) is 0 Å². The van der Waals surface area contributed by atoms with Crippen molar-refractivity contribution in [1.82, 2.24) is 15.2 Å². The van der Waals surface area contributed by atoms with Crippen molar-refractivity contribution < 1.29 is 9.53 Å². The Morgan fingerprint density at radius 2 is 1.78 bits per heavy atom. The molecule has 1 aromatic heterocycles. The first kappa shape index (κ1) is 22.9. The van der Waals surface area contributed by atoms with Gasteiger partial charge in [-0.3, -0.25) is 9.78 Å². The molecule has 5 heteroatoms. The number of carbonyl (C=O) groups excluding carboxylic acids is 1. The summed E-state index contributed by atoms with van der Waals surface area (Å²) in [7, 11) is 0. The molecule has 2 aliphatic heterocycles. The van der Waals surface area contributed by atoms with Gasteiger partial charge in [0.2, 0.25) is 5.91 Å². The number of rotatable bonds is 5. The molecule has 0 aliphatic carbocycles. The van der Waals surface area contributed by atoms with Crippen LogP contribution >= 0.6 is 0 Å². The fourth-order valence-electron chi connectivity index (χ4n) is 5.69. The molecule has 32 heavy (non-hydrogen) atoms. The van der Waals surface area contributed by atoms with E-state index in [4.69, 9.17) is 9.72 Å². The van der Waals surface area contributed by atoms with E-state index in [2.05, 4.69) is 63.3 Å². The van der Waals surface area contributed by atoms with E-state index in [1.165, 1.54) is 5.56 Å². The van der Waals surface area contributed by atoms with Crippen molar-refractivity contribution >= 4 is 5.91 Å². The van der Waals surface area contributed by atoms with Gasteiger partial charge in [0, 0.05) is 36.2 Å². The average molecular weight is 436 g/mol. The highest BCUT2D eigenvalue weighted by molar-refractivity contribution is 5.76. The Morgan fingerprint density at radius 1 is 1.06 bits per heavy atom. The van der Waals surface area contributed by atoms with E-state index in [9.17, 15) is 4.79 Å². The molecule has 1 atom stereocenters. The quantitative estimate of drug-likeness (QED) is 0.750. The SMILES string of the molecule is CC1(C)CC(CC(=O)N2CCOC(c3cccc(Cc4ccccc4)n3)C2)CC(C)(C)N1. The largest absolute Gasteiger partial charge is 0.368 e. The maximum atomic E-state index is 13.2. The Bertz CT molecular complexity index is 910. The van der Waals surface area contributed by atoms with Crippen LogP contribution in [0, 0.1) is 5.92 Å². The van der Waals surface area contributed by atoms with Crippen molar-refractivity contribution in [3.8, 4) is 0 Å². The molecule has 1 N–H and O–H groups in total. The minimum Gasteiger partial charge on any atom is -0.368 e. The second-order valence-corrected chi connectivity index (χ2v) is 10.8. The van der Waals surface area contributed by atoms with Gasteiger partial charge in [-0.25, -0.2) is 0 Å². The Balaban J connectivity index is 1.39. The van der Waals surface area contributed by atoms with Crippen LogP contribution in [0.25, 0.3) is 0 Å². The molecule has 5 nitrogen and oxygen atoms in total. The molecule has 0 saturated carbocycles. The third-order valence-corrected chi connectivity index (χ3v) is 6.54. The molecular weight excluding hydrogens is 398 g/mol. The second-order valence-electron chi connectivity index (χ2n) is 10.8. The summed E-state index contributed by atoms with van der Waals surface area (Å²) >= 11 is 0. The first-order chi connectivity index (χ1) is 15.2. The van der Waals surface area contributed by atoms with Gasteiger partial charge in [0.25, 0.3) is 0 Å². The van der Waals surface area contributed by atoms with Crippen molar-refractivity contribution in [2.75, 3.05) is 19.7 Å². The van der Waals surface area contributed by atoms with Crippen molar-refractivity contribution in [3.05, 3.63) is 65.5 Å². The van der Waals surface area contributed by atoms with Gasteiger partial charge >= 0.3 is 0 Å². The summed E-state index contributed by atoms with van der Waals surface area (Å²) in [5.41, 5.74) is 3.30. The number of morpholine rings is 1. The van der Waals surface area contributed by atoms with Gasteiger partial charge in [-0.2, -0.15) is 0 Å². The van der Waals surface area contributed by atoms with E-state index < -0.39 is 0 Å². The molecule has 0 bridgehead atoms. The first-order valence-electron chi connectivity index (χ1n) is 11.9. The standard InChI is InChI=1S/C27H37N3O2/c1-26(2)17-21(18-27(3,4)29-26)16-25(31)30-13-14-32-24(19-30)23-12-8-11-22(28-23)15-20-9-6-5-7-10-20/h5-12,21,24,29H,13-19H2,1-4H3. The predicted molar refractivity (Wildman–Crippen MR) is 127 cm³/mol. The van der Waals surface area contributed by atoms with Gasteiger partial charge < -0.3 is 15.0 Å². The van der Waals surface area contributed by atoms with E-state index in [1.54, 1.807) is 0 Å². The Morgan fingerprint density at radius 3 is 2.50 bits per heavy atom. The molecule has 4 rings (SSSR count). The molecule has 0 radical (unpaired) electrons. The Kier molecular flexibility index (Phi) is 6.68. The number of benzene rings is 1. The molecule has 3 heterocycles. The van der Waals surface area contributed by atoms with Gasteiger partial charge in [-0.05, 0) is 64.2 Å². The number of nitrogens with one attached hydrogen (secondary N) is 1. The van der Waals surface area contributed by atoms with Gasteiger partial charge in [-0.1, -0.05) is 36.4 Å². The summed E-state index contributed by atoms with van der Waals surface area (Å²) < 4.78 is 6.04. The molecule has 0 spiro atoms. The summed E-state index contributed by atoms with van der Waals surface area (Å²) in [5.74, 6) is 0.652. The summed E-state index contributed by atoms with van der Waals surface area (Å²) in [6.07, 6.45) is 3.30. The third kappa shape index (κ3) is 5.96. The van der Waals surface area contributed by atoms with Crippen LogP contribution in [0.15, 0.2) is 48.5 Å². The number of ether oxygens (including phenoxy) is 1. The number of pyridine rings is 1. The van der Waals surface area contributed by atoms with E-state index in [-0.39, 0.29) is 23.1 Å².